The quantitative estimate of drug-likeness (QED) is 0.441. The summed E-state index contributed by atoms with van der Waals surface area (Å²) >= 11 is 0. The zero-order chi connectivity index (χ0) is 13.7. The Labute approximate surface area is 101 Å². The summed E-state index contributed by atoms with van der Waals surface area (Å²) in [5.74, 6) is -2.62. The number of aliphatic carboxylic acids is 1. The van der Waals surface area contributed by atoms with Crippen LogP contribution in [0.25, 0.3) is 0 Å². The minimum atomic E-state index is -1.30. The predicted molar refractivity (Wildman–Crippen MR) is 59.3 cm³/mol. The Kier molecular flexibility index (Phi) is 4.44. The van der Waals surface area contributed by atoms with E-state index in [1.165, 1.54) is 0 Å². The molecule has 98 valence electrons. The predicted octanol–water partition coefficient (Wildman–Crippen LogP) is -1.35. The van der Waals surface area contributed by atoms with Crippen molar-refractivity contribution >= 4 is 11.9 Å². The van der Waals surface area contributed by atoms with Crippen LogP contribution < -0.4 is 10.9 Å². The first kappa shape index (κ1) is 13.7. The summed E-state index contributed by atoms with van der Waals surface area (Å²) in [5.41, 5.74) is -0.852. The van der Waals surface area contributed by atoms with Crippen molar-refractivity contribution in [1.29, 1.82) is 0 Å². The minimum Gasteiger partial charge on any atom is -0.494 e. The Morgan fingerprint density at radius 2 is 2.06 bits per heavy atom. The number of rotatable bonds is 5. The number of hydrogen-bond acceptors (Lipinski definition) is 5. The van der Waals surface area contributed by atoms with Gasteiger partial charge in [0.25, 0.3) is 11.5 Å². The van der Waals surface area contributed by atoms with E-state index in [1.807, 2.05) is 4.98 Å². The second-order valence-corrected chi connectivity index (χ2v) is 3.50. The molecular formula is C10H12N2O6. The van der Waals surface area contributed by atoms with Gasteiger partial charge in [0.1, 0.15) is 6.04 Å². The zero-order valence-electron chi connectivity index (χ0n) is 9.21. The molecule has 1 aromatic rings. The van der Waals surface area contributed by atoms with E-state index in [1.54, 1.807) is 0 Å². The highest BCUT2D eigenvalue weighted by molar-refractivity contribution is 5.96. The molecule has 1 atom stereocenters. The lowest BCUT2D eigenvalue weighted by Crippen LogP contribution is -2.41. The highest BCUT2D eigenvalue weighted by Gasteiger charge is 2.20. The van der Waals surface area contributed by atoms with Gasteiger partial charge in [-0.05, 0) is 0 Å². The molecule has 1 heterocycles. The molecular weight excluding hydrogens is 244 g/mol. The Balaban J connectivity index is 2.86. The third kappa shape index (κ3) is 3.59. The zero-order valence-corrected chi connectivity index (χ0v) is 9.21. The van der Waals surface area contributed by atoms with Crippen molar-refractivity contribution in [2.75, 3.05) is 6.61 Å². The summed E-state index contributed by atoms with van der Waals surface area (Å²) in [6, 6.07) is 0.658. The standard InChI is InChI=1S/C10H12N2O6/c13-2-1-6(10(17)18)11-9(16)5-3-7(14)12-8(15)4-5/h3-4,6,13H,1-2H2,(H,11,16)(H,17,18)(H2,12,14,15)/t6-/m1/s1. The third-order valence-electron chi connectivity index (χ3n) is 2.11. The van der Waals surface area contributed by atoms with Crippen LogP contribution in [0.5, 0.6) is 5.88 Å². The van der Waals surface area contributed by atoms with E-state index in [-0.39, 0.29) is 12.0 Å². The first-order chi connectivity index (χ1) is 8.43. The van der Waals surface area contributed by atoms with E-state index in [9.17, 15) is 14.4 Å². The van der Waals surface area contributed by atoms with Crippen molar-refractivity contribution in [3.8, 4) is 5.88 Å². The molecule has 0 aliphatic heterocycles. The van der Waals surface area contributed by atoms with Gasteiger partial charge in [-0.25, -0.2) is 4.79 Å². The molecule has 5 N–H and O–H groups in total. The summed E-state index contributed by atoms with van der Waals surface area (Å²) in [5, 5.41) is 28.6. The van der Waals surface area contributed by atoms with Crippen LogP contribution in [0.1, 0.15) is 16.8 Å². The Bertz CT molecular complexity index is 509. The molecule has 0 aromatic carbocycles. The number of pyridine rings is 1. The fourth-order valence-corrected chi connectivity index (χ4v) is 1.29. The maximum Gasteiger partial charge on any atom is 0.326 e. The largest absolute Gasteiger partial charge is 0.494 e. The molecule has 1 amide bonds. The van der Waals surface area contributed by atoms with Crippen molar-refractivity contribution in [2.24, 2.45) is 0 Å². The number of nitrogens with one attached hydrogen (secondary N) is 2. The summed E-state index contributed by atoms with van der Waals surface area (Å²) in [6.07, 6.45) is -0.157. The molecule has 18 heavy (non-hydrogen) atoms. The molecule has 0 spiro atoms. The first-order valence-electron chi connectivity index (χ1n) is 5.02. The van der Waals surface area contributed by atoms with Gasteiger partial charge in [-0.3, -0.25) is 14.6 Å². The normalized spacial score (nSPS) is 11.8. The second kappa shape index (κ2) is 5.82. The molecule has 1 rings (SSSR count). The van der Waals surface area contributed by atoms with Gasteiger partial charge in [0, 0.05) is 25.2 Å². The van der Waals surface area contributed by atoms with Gasteiger partial charge in [-0.15, -0.1) is 0 Å². The molecule has 0 bridgehead atoms. The molecule has 8 nitrogen and oxygen atoms in total. The van der Waals surface area contributed by atoms with E-state index in [0.29, 0.717) is 0 Å². The van der Waals surface area contributed by atoms with Gasteiger partial charge < -0.3 is 20.6 Å². The van der Waals surface area contributed by atoms with Crippen molar-refractivity contribution in [2.45, 2.75) is 12.5 Å². The molecule has 0 saturated heterocycles. The Hall–Kier alpha value is -2.35. The Morgan fingerprint density at radius 3 is 2.56 bits per heavy atom. The number of H-pyrrole nitrogens is 1. The van der Waals surface area contributed by atoms with Crippen LogP contribution in [0.15, 0.2) is 16.9 Å². The topological polar surface area (TPSA) is 140 Å². The minimum absolute atomic E-state index is 0.157. The molecule has 1 aromatic heterocycles. The number of hydrogen-bond donors (Lipinski definition) is 5. The number of aliphatic hydroxyl groups is 1. The molecule has 0 aliphatic carbocycles. The van der Waals surface area contributed by atoms with Crippen LogP contribution in [0.2, 0.25) is 0 Å². The van der Waals surface area contributed by atoms with E-state index in [4.69, 9.17) is 15.3 Å². The number of aliphatic hydroxyl groups excluding tert-OH is 1. The number of carbonyl (C=O) groups is 2. The lowest BCUT2D eigenvalue weighted by Gasteiger charge is -2.12. The fourth-order valence-electron chi connectivity index (χ4n) is 1.29. The van der Waals surface area contributed by atoms with Gasteiger partial charge in [-0.2, -0.15) is 0 Å². The van der Waals surface area contributed by atoms with Crippen LogP contribution in [0.4, 0.5) is 0 Å². The lowest BCUT2D eigenvalue weighted by molar-refractivity contribution is -0.139. The van der Waals surface area contributed by atoms with Gasteiger partial charge in [0.2, 0.25) is 0 Å². The number of aromatic hydroxyl groups is 1. The fraction of sp³-hybridized carbons (Fsp3) is 0.300. The molecule has 8 heteroatoms. The second-order valence-electron chi connectivity index (χ2n) is 3.50. The maximum atomic E-state index is 11.6. The van der Waals surface area contributed by atoms with Crippen LogP contribution in [-0.2, 0) is 4.79 Å². The summed E-state index contributed by atoms with van der Waals surface area (Å²) in [6.45, 7) is -0.405. The first-order valence-corrected chi connectivity index (χ1v) is 5.02. The summed E-state index contributed by atoms with van der Waals surface area (Å²) in [7, 11) is 0. The van der Waals surface area contributed by atoms with Gasteiger partial charge in [-0.1, -0.05) is 0 Å². The van der Waals surface area contributed by atoms with Crippen LogP contribution >= 0.6 is 0 Å². The lowest BCUT2D eigenvalue weighted by atomic mass is 10.2. The van der Waals surface area contributed by atoms with E-state index < -0.39 is 36.0 Å². The van der Waals surface area contributed by atoms with Crippen LogP contribution in [0.3, 0.4) is 0 Å². The van der Waals surface area contributed by atoms with E-state index >= 15 is 0 Å². The monoisotopic (exact) mass is 256 g/mol. The number of aromatic nitrogens is 1. The van der Waals surface area contributed by atoms with Crippen molar-refractivity contribution in [3.05, 3.63) is 28.0 Å². The highest BCUT2D eigenvalue weighted by atomic mass is 16.4. The number of carbonyl (C=O) groups excluding carboxylic acids is 1. The number of carboxylic acid groups (broad SMARTS) is 1. The van der Waals surface area contributed by atoms with Gasteiger partial charge in [0.15, 0.2) is 5.88 Å². The molecule has 0 saturated carbocycles. The Morgan fingerprint density at radius 1 is 1.39 bits per heavy atom. The molecule has 0 aliphatic rings. The van der Waals surface area contributed by atoms with Crippen molar-refractivity contribution in [1.82, 2.24) is 10.3 Å². The van der Waals surface area contributed by atoms with Crippen LogP contribution in [0, 0.1) is 0 Å². The average Bonchev–Trinajstić information content (AvgIpc) is 2.26. The average molecular weight is 256 g/mol. The third-order valence-corrected chi connectivity index (χ3v) is 2.11. The van der Waals surface area contributed by atoms with E-state index in [0.717, 1.165) is 12.1 Å². The van der Waals surface area contributed by atoms with Gasteiger partial charge in [0.05, 0.1) is 5.56 Å². The number of carboxylic acids is 1. The van der Waals surface area contributed by atoms with E-state index in [2.05, 4.69) is 5.32 Å². The number of aromatic amines is 1. The molecule has 0 fully saturated rings. The van der Waals surface area contributed by atoms with Crippen molar-refractivity contribution in [3.63, 3.8) is 0 Å². The SMILES string of the molecule is O=C(N[C@H](CCO)C(=O)O)c1cc(O)[nH]c(=O)c1. The smallest absolute Gasteiger partial charge is 0.326 e. The maximum absolute atomic E-state index is 11.6. The summed E-state index contributed by atoms with van der Waals surface area (Å²) in [4.78, 5) is 35.4. The number of amides is 1. The summed E-state index contributed by atoms with van der Waals surface area (Å²) < 4.78 is 0. The molecule has 0 unspecified atom stereocenters. The van der Waals surface area contributed by atoms with Crippen molar-refractivity contribution < 1.29 is 24.9 Å². The molecule has 0 radical (unpaired) electrons. The highest BCUT2D eigenvalue weighted by Crippen LogP contribution is 2.05. The van der Waals surface area contributed by atoms with Gasteiger partial charge >= 0.3 is 5.97 Å². The van der Waals surface area contributed by atoms with Crippen LogP contribution in [-0.4, -0.2) is 44.8 Å².